The van der Waals surface area contributed by atoms with Crippen LogP contribution in [0.1, 0.15) is 36.6 Å². The molecule has 1 aliphatic rings. The van der Waals surface area contributed by atoms with Gasteiger partial charge in [-0.1, -0.05) is 43.6 Å². The predicted octanol–water partition coefficient (Wildman–Crippen LogP) is 6.02. The summed E-state index contributed by atoms with van der Waals surface area (Å²) < 4.78 is 46.0. The highest BCUT2D eigenvalue weighted by atomic mass is 35.5. The van der Waals surface area contributed by atoms with Crippen molar-refractivity contribution in [1.29, 1.82) is 5.26 Å². The molecule has 0 atom stereocenters. The summed E-state index contributed by atoms with van der Waals surface area (Å²) in [4.78, 5) is 38.7. The third kappa shape index (κ3) is 5.15. The molecule has 3 aromatic heterocycles. The Balaban J connectivity index is 1.93. The number of phenols is 1. The molecule has 5 rings (SSSR count). The third-order valence-electron chi connectivity index (χ3n) is 7.67. The Hall–Kier alpha value is -4.60. The van der Waals surface area contributed by atoms with Crippen molar-refractivity contribution in [3.63, 3.8) is 0 Å². The molecule has 4 aromatic rings. The minimum Gasteiger partial charge on any atom is -0.503 e. The molecule has 1 N–H and O–H groups in total. The largest absolute Gasteiger partial charge is 0.503 e. The smallest absolute Gasteiger partial charge is 0.276 e. The molecule has 0 saturated carbocycles. The van der Waals surface area contributed by atoms with Gasteiger partial charge in [0.25, 0.3) is 5.56 Å². The zero-order chi connectivity index (χ0) is 32.9. The average molecular weight is 657 g/mol. The summed E-state index contributed by atoms with van der Waals surface area (Å²) in [5, 5.41) is 19.0. The topological polar surface area (TPSA) is 115 Å². The number of carbonyl (C=O) groups excluding carboxylic acids is 1. The molecular weight excluding hydrogens is 632 g/mol. The number of nitrogens with zero attached hydrogens (tertiary/aromatic N) is 6. The Morgan fingerprint density at radius 3 is 2.40 bits per heavy atom. The number of rotatable bonds is 5. The molecule has 232 valence electrons. The number of hydrogen-bond donors (Lipinski definition) is 1. The fraction of sp³-hybridized carbons (Fsp3) is 0.258. The molecule has 14 heteroatoms. The van der Waals surface area contributed by atoms with E-state index in [4.69, 9.17) is 23.2 Å². The van der Waals surface area contributed by atoms with Crippen LogP contribution in [0.15, 0.2) is 35.8 Å². The highest BCUT2D eigenvalue weighted by molar-refractivity contribution is 6.34. The van der Waals surface area contributed by atoms with E-state index in [2.05, 4.69) is 16.5 Å². The monoisotopic (exact) mass is 656 g/mol. The Labute approximate surface area is 265 Å². The van der Waals surface area contributed by atoms with Crippen LogP contribution >= 0.6 is 23.2 Å². The quantitative estimate of drug-likeness (QED) is 0.159. The van der Waals surface area contributed by atoms with Crippen molar-refractivity contribution in [2.45, 2.75) is 26.7 Å². The second-order valence-electron chi connectivity index (χ2n) is 10.7. The van der Waals surface area contributed by atoms with Crippen LogP contribution in [0.2, 0.25) is 10.0 Å². The van der Waals surface area contributed by atoms with E-state index in [-0.39, 0.29) is 65.3 Å². The molecule has 1 saturated heterocycles. The van der Waals surface area contributed by atoms with Crippen molar-refractivity contribution in [1.82, 2.24) is 19.4 Å². The minimum atomic E-state index is -1.70. The van der Waals surface area contributed by atoms with E-state index in [9.17, 15) is 24.3 Å². The van der Waals surface area contributed by atoms with E-state index >= 15 is 8.78 Å². The summed E-state index contributed by atoms with van der Waals surface area (Å²) in [5.41, 5.74) is -1.25. The van der Waals surface area contributed by atoms with E-state index in [0.717, 1.165) is 4.57 Å². The van der Waals surface area contributed by atoms with Gasteiger partial charge in [0, 0.05) is 37.8 Å². The number of carbonyl (C=O) groups is 1. The molecule has 0 bridgehead atoms. The summed E-state index contributed by atoms with van der Waals surface area (Å²) >= 11 is 12.3. The Bertz CT molecular complexity index is 1990. The summed E-state index contributed by atoms with van der Waals surface area (Å²) in [7, 11) is 0. The summed E-state index contributed by atoms with van der Waals surface area (Å²) in [6, 6.07) is 4.95. The number of aryl methyl sites for hydroxylation is 1. The number of fused-ring (bicyclic) bond motifs is 1. The second kappa shape index (κ2) is 12.1. The maximum atomic E-state index is 15.3. The van der Waals surface area contributed by atoms with Gasteiger partial charge < -0.3 is 14.9 Å². The standard InChI is InChI=1S/C31H25Cl2F3N6O3/c1-5-19(43)40-8-10-41(11-9-40)28-16-12-18(32)26(20-22(34)21(33)24(36)29(44)23(20)35)39-30(16)42(31(45)17(28)13-37)27-15(4)6-7-38-25(27)14(2)3/h5-7,12,14,44H,1,8-11H2,2-4H3. The fourth-order valence-electron chi connectivity index (χ4n) is 5.47. The van der Waals surface area contributed by atoms with Crippen LogP contribution in [-0.2, 0) is 4.79 Å². The Morgan fingerprint density at radius 1 is 1.13 bits per heavy atom. The van der Waals surface area contributed by atoms with Crippen LogP contribution in [0, 0.1) is 35.7 Å². The number of anilines is 1. The van der Waals surface area contributed by atoms with Crippen molar-refractivity contribution in [2.75, 3.05) is 31.1 Å². The van der Waals surface area contributed by atoms with Crippen LogP contribution in [0.25, 0.3) is 28.0 Å². The predicted molar refractivity (Wildman–Crippen MR) is 165 cm³/mol. The molecule has 1 aliphatic heterocycles. The third-order valence-corrected chi connectivity index (χ3v) is 8.29. The molecule has 1 fully saturated rings. The van der Waals surface area contributed by atoms with Gasteiger partial charge >= 0.3 is 0 Å². The molecule has 1 aromatic carbocycles. The second-order valence-corrected chi connectivity index (χ2v) is 11.5. The number of phenolic OH excluding ortho intramolecular Hbond substituents is 1. The number of halogens is 5. The maximum absolute atomic E-state index is 15.3. The van der Waals surface area contributed by atoms with E-state index < -0.39 is 45.0 Å². The van der Waals surface area contributed by atoms with Crippen molar-refractivity contribution < 1.29 is 23.1 Å². The zero-order valence-corrected chi connectivity index (χ0v) is 25.8. The van der Waals surface area contributed by atoms with Gasteiger partial charge in [0.1, 0.15) is 22.3 Å². The lowest BCUT2D eigenvalue weighted by atomic mass is 10.0. The molecule has 0 aliphatic carbocycles. The highest BCUT2D eigenvalue weighted by Gasteiger charge is 2.32. The van der Waals surface area contributed by atoms with Crippen LogP contribution in [0.4, 0.5) is 18.9 Å². The van der Waals surface area contributed by atoms with Crippen molar-refractivity contribution in [3.8, 4) is 28.8 Å². The van der Waals surface area contributed by atoms with Gasteiger partial charge in [0.2, 0.25) is 5.91 Å². The number of nitriles is 1. The first kappa shape index (κ1) is 31.8. The van der Waals surface area contributed by atoms with Gasteiger partial charge in [-0.25, -0.2) is 18.2 Å². The number of aromatic hydroxyl groups is 1. The molecule has 0 spiro atoms. The molecule has 9 nitrogen and oxygen atoms in total. The number of benzene rings is 1. The van der Waals surface area contributed by atoms with Gasteiger partial charge in [-0.05, 0) is 36.6 Å². The molecule has 0 radical (unpaired) electrons. The summed E-state index contributed by atoms with van der Waals surface area (Å²) in [5.74, 6) is -6.99. The normalized spacial score (nSPS) is 13.4. The minimum absolute atomic E-state index is 0.144. The first-order valence-corrected chi connectivity index (χ1v) is 14.5. The lowest BCUT2D eigenvalue weighted by Crippen LogP contribution is -2.49. The lowest BCUT2D eigenvalue weighted by Gasteiger charge is -2.36. The van der Waals surface area contributed by atoms with Crippen LogP contribution < -0.4 is 10.5 Å². The van der Waals surface area contributed by atoms with Crippen LogP contribution in [0.5, 0.6) is 5.75 Å². The van der Waals surface area contributed by atoms with E-state index in [1.165, 1.54) is 12.1 Å². The first-order valence-electron chi connectivity index (χ1n) is 13.7. The molecular formula is C31H25Cl2F3N6O3. The summed E-state index contributed by atoms with van der Waals surface area (Å²) in [6.07, 6.45) is 2.76. The van der Waals surface area contributed by atoms with Gasteiger partial charge in [-0.15, -0.1) is 0 Å². The van der Waals surface area contributed by atoms with E-state index in [1.807, 2.05) is 19.9 Å². The van der Waals surface area contributed by atoms with Gasteiger partial charge in [-0.2, -0.15) is 5.26 Å². The number of amides is 1. The average Bonchev–Trinajstić information content (AvgIpc) is 3.02. The van der Waals surface area contributed by atoms with Crippen molar-refractivity contribution in [2.24, 2.45) is 0 Å². The van der Waals surface area contributed by atoms with Gasteiger partial charge in [0.05, 0.1) is 33.3 Å². The van der Waals surface area contributed by atoms with Gasteiger partial charge in [-0.3, -0.25) is 19.1 Å². The van der Waals surface area contributed by atoms with E-state index in [0.29, 0.717) is 16.9 Å². The highest BCUT2D eigenvalue weighted by Crippen LogP contribution is 2.42. The van der Waals surface area contributed by atoms with Crippen molar-refractivity contribution >= 4 is 45.8 Å². The number of pyridine rings is 3. The lowest BCUT2D eigenvalue weighted by molar-refractivity contribution is -0.126. The Kier molecular flexibility index (Phi) is 8.53. The maximum Gasteiger partial charge on any atom is 0.276 e. The number of piperazine rings is 1. The molecule has 0 unspecified atom stereocenters. The van der Waals surface area contributed by atoms with Crippen molar-refractivity contribution in [3.05, 3.63) is 85.7 Å². The van der Waals surface area contributed by atoms with Gasteiger partial charge in [0.15, 0.2) is 23.2 Å². The zero-order valence-electron chi connectivity index (χ0n) is 24.3. The number of hydrogen-bond acceptors (Lipinski definition) is 7. The molecule has 4 heterocycles. The molecule has 1 amide bonds. The summed E-state index contributed by atoms with van der Waals surface area (Å²) in [6.45, 7) is 9.89. The SMILES string of the molecule is C=CC(=O)N1CCN(c2c(C#N)c(=O)n(-c3c(C)ccnc3C(C)C)c3nc(-c4c(F)c(O)c(F)c(Cl)c4F)c(Cl)cc23)CC1. The first-order chi connectivity index (χ1) is 21.3. The Morgan fingerprint density at radius 2 is 1.80 bits per heavy atom. The van der Waals surface area contributed by atoms with Crippen LogP contribution in [0.3, 0.4) is 0 Å². The van der Waals surface area contributed by atoms with E-state index in [1.54, 1.807) is 29.0 Å². The van der Waals surface area contributed by atoms with Crippen LogP contribution in [-0.4, -0.2) is 56.6 Å². The number of aromatic nitrogens is 3. The fourth-order valence-corrected chi connectivity index (χ4v) is 5.90. The molecule has 45 heavy (non-hydrogen) atoms.